The van der Waals surface area contributed by atoms with Crippen molar-refractivity contribution in [1.82, 2.24) is 10.2 Å². The van der Waals surface area contributed by atoms with E-state index < -0.39 is 16.0 Å². The van der Waals surface area contributed by atoms with Crippen molar-refractivity contribution in [3.63, 3.8) is 0 Å². The van der Waals surface area contributed by atoms with Crippen LogP contribution < -0.4 is 10.1 Å². The number of benzene rings is 2. The number of hydrogen-bond donors (Lipinski definition) is 1. The number of ether oxygens (including phenoxy) is 1. The average Bonchev–Trinajstić information content (AvgIpc) is 3.17. The molecule has 0 unspecified atom stereocenters. The molecule has 1 heterocycles. The lowest BCUT2D eigenvalue weighted by molar-refractivity contribution is 0.194. The first-order chi connectivity index (χ1) is 21.7. The molecular formula is C34H58N2O6P2S. The molecule has 0 spiro atoms. The van der Waals surface area contributed by atoms with Crippen LogP contribution in [0.15, 0.2) is 53.4 Å². The maximum absolute atomic E-state index is 13.6. The third kappa shape index (κ3) is 13.6. The van der Waals surface area contributed by atoms with Gasteiger partial charge in [-0.1, -0.05) is 63.1 Å². The number of hydrogen-bond acceptors (Lipinski definition) is 9. The van der Waals surface area contributed by atoms with Gasteiger partial charge in [-0.15, -0.1) is 11.8 Å². The van der Waals surface area contributed by atoms with Gasteiger partial charge < -0.3 is 28.1 Å². The predicted molar refractivity (Wildman–Crippen MR) is 191 cm³/mol. The minimum atomic E-state index is -3.33. The zero-order valence-electron chi connectivity index (χ0n) is 28.9. The van der Waals surface area contributed by atoms with E-state index in [9.17, 15) is 4.57 Å². The van der Waals surface area contributed by atoms with Crippen molar-refractivity contribution in [2.45, 2.75) is 97.2 Å². The van der Waals surface area contributed by atoms with Crippen LogP contribution in [-0.4, -0.2) is 62.3 Å². The summed E-state index contributed by atoms with van der Waals surface area (Å²) < 4.78 is 42.6. The number of nitrogens with zero attached hydrogens (tertiary/aromatic N) is 1. The van der Waals surface area contributed by atoms with E-state index in [0.717, 1.165) is 23.5 Å². The van der Waals surface area contributed by atoms with Gasteiger partial charge in [0.25, 0.3) is 0 Å². The molecule has 0 radical (unpaired) electrons. The number of fused-ring (bicyclic) bond motifs is 1. The molecule has 2 atom stereocenters. The van der Waals surface area contributed by atoms with Gasteiger partial charge in [0, 0.05) is 34.3 Å². The quantitative estimate of drug-likeness (QED) is 0.146. The Labute approximate surface area is 279 Å². The first-order valence-electron chi connectivity index (χ1n) is 16.5. The van der Waals surface area contributed by atoms with Crippen LogP contribution >= 0.6 is 27.7 Å². The Morgan fingerprint density at radius 1 is 0.956 bits per heavy atom. The molecular weight excluding hydrogens is 626 g/mol. The highest BCUT2D eigenvalue weighted by Gasteiger charge is 2.35. The molecule has 0 saturated carbocycles. The summed E-state index contributed by atoms with van der Waals surface area (Å²) in [5, 5.41) is 3.97. The molecule has 1 aliphatic rings. The number of nitrogens with one attached hydrogen (secondary N) is 1. The zero-order chi connectivity index (χ0) is 33.1. The Bertz CT molecular complexity index is 1090. The van der Waals surface area contributed by atoms with Crippen molar-refractivity contribution in [2.24, 2.45) is 0 Å². The van der Waals surface area contributed by atoms with E-state index in [1.165, 1.54) is 29.7 Å². The second kappa shape index (κ2) is 21.8. The van der Waals surface area contributed by atoms with Gasteiger partial charge in [-0.05, 0) is 65.2 Å². The molecule has 45 heavy (non-hydrogen) atoms. The third-order valence-electron chi connectivity index (χ3n) is 7.54. The summed E-state index contributed by atoms with van der Waals surface area (Å²) in [5.74, 6) is 1.85. The molecule has 0 fully saturated rings. The average molecular weight is 685 g/mol. The molecule has 1 aliphatic heterocycles. The monoisotopic (exact) mass is 684 g/mol. The first-order valence-corrected chi connectivity index (χ1v) is 20.5. The second-order valence-corrected chi connectivity index (χ2v) is 15.5. The van der Waals surface area contributed by atoms with Crippen LogP contribution in [0.3, 0.4) is 0 Å². The molecule has 0 amide bonds. The van der Waals surface area contributed by atoms with E-state index in [1.807, 2.05) is 75.9 Å². The van der Waals surface area contributed by atoms with Crippen LogP contribution in [0.1, 0.15) is 91.3 Å². The van der Waals surface area contributed by atoms with Gasteiger partial charge in [0.1, 0.15) is 12.0 Å². The van der Waals surface area contributed by atoms with E-state index in [0.29, 0.717) is 39.3 Å². The van der Waals surface area contributed by atoms with Crippen LogP contribution in [0.5, 0.6) is 5.75 Å². The molecule has 1 N–H and O–H groups in total. The highest BCUT2D eigenvalue weighted by Crippen LogP contribution is 2.51. The normalized spacial score (nSPS) is 18.3. The van der Waals surface area contributed by atoms with Gasteiger partial charge in [-0.25, -0.2) is 0 Å². The Morgan fingerprint density at radius 3 is 2.04 bits per heavy atom. The summed E-state index contributed by atoms with van der Waals surface area (Å²) >= 11 is 1.93. The van der Waals surface area contributed by atoms with Gasteiger partial charge in [-0.2, -0.15) is 0 Å². The Kier molecular flexibility index (Phi) is 19.5. The second-order valence-electron chi connectivity index (χ2n) is 11.0. The summed E-state index contributed by atoms with van der Waals surface area (Å²) in [4.78, 5) is 3.35. The summed E-state index contributed by atoms with van der Waals surface area (Å²) in [5.41, 5.74) is 2.42. The van der Waals surface area contributed by atoms with Gasteiger partial charge in [0.2, 0.25) is 0 Å². The molecule has 8 nitrogen and oxygen atoms in total. The lowest BCUT2D eigenvalue weighted by atomic mass is 9.90. The first kappa shape index (κ1) is 40.2. The fourth-order valence-corrected chi connectivity index (χ4v) is 10.0. The summed E-state index contributed by atoms with van der Waals surface area (Å²) in [6, 6.07) is 16.6. The third-order valence-corrected chi connectivity index (χ3v) is 12.7. The van der Waals surface area contributed by atoms with Crippen LogP contribution in [0.4, 0.5) is 0 Å². The Hall–Kier alpha value is -0.990. The van der Waals surface area contributed by atoms with E-state index in [1.54, 1.807) is 7.11 Å². The molecule has 256 valence electrons. The van der Waals surface area contributed by atoms with Crippen LogP contribution in [-0.2, 0) is 29.2 Å². The van der Waals surface area contributed by atoms with Crippen LogP contribution in [0.2, 0.25) is 0 Å². The lowest BCUT2D eigenvalue weighted by Gasteiger charge is -2.35. The molecule has 0 aliphatic carbocycles. The lowest BCUT2D eigenvalue weighted by Crippen LogP contribution is -2.47. The van der Waals surface area contributed by atoms with E-state index >= 15 is 0 Å². The SMILES string of the molecule is CCCC[C@]1(CC)CSc2cc(CN(CP(OCC)OCC)CP(=O)(OCC)OCC)c(OC)cc2[C@@H](C)N1.c1ccccc1. The summed E-state index contributed by atoms with van der Waals surface area (Å²) in [6.45, 7) is 16.6. The van der Waals surface area contributed by atoms with Crippen molar-refractivity contribution < 1.29 is 27.4 Å². The maximum Gasteiger partial charge on any atom is 0.344 e. The van der Waals surface area contributed by atoms with Crippen LogP contribution in [0.25, 0.3) is 0 Å². The topological polar surface area (TPSA) is 78.5 Å². The van der Waals surface area contributed by atoms with Gasteiger partial charge in [-0.3, -0.25) is 9.46 Å². The summed E-state index contributed by atoms with van der Waals surface area (Å²) in [6.07, 6.45) is 5.32. The number of unbranched alkanes of at least 4 members (excludes halogenated alkanes) is 1. The van der Waals surface area contributed by atoms with Crippen molar-refractivity contribution in [3.05, 3.63) is 59.7 Å². The fraction of sp³-hybridized carbons (Fsp3) is 0.647. The van der Waals surface area contributed by atoms with E-state index in [4.69, 9.17) is 22.8 Å². The largest absolute Gasteiger partial charge is 0.496 e. The van der Waals surface area contributed by atoms with E-state index in [-0.39, 0.29) is 17.9 Å². The van der Waals surface area contributed by atoms with Crippen molar-refractivity contribution >= 4 is 27.7 Å². The molecule has 3 rings (SSSR count). The minimum Gasteiger partial charge on any atom is -0.496 e. The highest BCUT2D eigenvalue weighted by molar-refractivity contribution is 7.99. The zero-order valence-corrected chi connectivity index (χ0v) is 31.5. The molecule has 0 aromatic heterocycles. The van der Waals surface area contributed by atoms with Crippen molar-refractivity contribution in [1.29, 1.82) is 0 Å². The molecule has 11 heteroatoms. The van der Waals surface area contributed by atoms with Gasteiger partial charge in [0.15, 0.2) is 8.38 Å². The molecule has 0 bridgehead atoms. The number of rotatable bonds is 19. The molecule has 0 saturated heterocycles. The van der Waals surface area contributed by atoms with Gasteiger partial charge >= 0.3 is 7.60 Å². The minimum absolute atomic E-state index is 0.116. The standard InChI is InChI=1S/C28H52N2O6P2S.C6H6/c1-9-15-16-28(10-2)20-39-27-17-24(26(32-8)18-25(27)23(7)29-28)19-30(21-37(33-11-3)34-12-4)22-38(31,35-13-5)36-14-6;1-2-4-6-5-3-1/h17-18,23,29H,9-16,19-22H2,1-8H3;1-6H/t23-,28-;/m1./s1. The predicted octanol–water partition coefficient (Wildman–Crippen LogP) is 9.85. The Balaban J connectivity index is 0.00000105. The maximum atomic E-state index is 13.6. The number of methoxy groups -OCH3 is 1. The number of thioether (sulfide) groups is 1. The molecule has 2 aromatic rings. The Morgan fingerprint density at radius 2 is 1.56 bits per heavy atom. The highest BCUT2D eigenvalue weighted by atomic mass is 32.2. The fourth-order valence-electron chi connectivity index (χ4n) is 5.33. The van der Waals surface area contributed by atoms with Gasteiger partial charge in [0.05, 0.1) is 39.8 Å². The molecule has 2 aromatic carbocycles. The van der Waals surface area contributed by atoms with E-state index in [2.05, 4.69) is 43.1 Å². The van der Waals surface area contributed by atoms with Crippen molar-refractivity contribution in [3.8, 4) is 5.75 Å². The smallest absolute Gasteiger partial charge is 0.344 e. The summed E-state index contributed by atoms with van der Waals surface area (Å²) in [7, 11) is -2.80. The van der Waals surface area contributed by atoms with Crippen molar-refractivity contribution in [2.75, 3.05) is 51.9 Å². The van der Waals surface area contributed by atoms with Crippen LogP contribution in [0, 0.1) is 0 Å².